The summed E-state index contributed by atoms with van der Waals surface area (Å²) in [6, 6.07) is 7.45. The number of aliphatic carboxylic acids is 1. The fraction of sp³-hybridized carbons (Fsp3) is 0.611. The van der Waals surface area contributed by atoms with E-state index in [4.69, 9.17) is 4.18 Å². The van der Waals surface area contributed by atoms with E-state index in [9.17, 15) is 18.3 Å². The van der Waals surface area contributed by atoms with Gasteiger partial charge in [0, 0.05) is 14.0 Å². The second kappa shape index (κ2) is 6.85. The average Bonchev–Trinajstić information content (AvgIpc) is 2.45. The molecule has 3 unspecified atom stereocenters. The second-order valence-corrected chi connectivity index (χ2v) is 15.7. The Morgan fingerprint density at radius 1 is 1.28 bits per heavy atom. The average molecular weight is 385 g/mol. The van der Waals surface area contributed by atoms with Crippen LogP contribution in [0.2, 0.25) is 25.7 Å². The highest BCUT2D eigenvalue weighted by atomic mass is 32.2. The van der Waals surface area contributed by atoms with E-state index in [0.717, 1.165) is 11.6 Å². The van der Waals surface area contributed by atoms with Crippen LogP contribution in [0, 0.1) is 18.3 Å². The second-order valence-electron chi connectivity index (χ2n) is 8.53. The first kappa shape index (κ1) is 20.1. The van der Waals surface area contributed by atoms with Gasteiger partial charge in [-0.2, -0.15) is 8.42 Å². The molecule has 1 N–H and O–H groups in total. The van der Waals surface area contributed by atoms with Crippen LogP contribution < -0.4 is 0 Å². The molecule has 3 atom stereocenters. The highest BCUT2D eigenvalue weighted by molar-refractivity contribution is 7.86. The molecule has 1 fully saturated rings. The maximum Gasteiger partial charge on any atom is 0.309 e. The Balaban J connectivity index is 2.17. The molecule has 1 aromatic rings. The molecule has 1 aliphatic carbocycles. The highest BCUT2D eigenvalue weighted by Gasteiger charge is 2.57. The van der Waals surface area contributed by atoms with Crippen molar-refractivity contribution in [2.24, 2.45) is 11.3 Å². The van der Waals surface area contributed by atoms with Gasteiger partial charge in [0.25, 0.3) is 10.1 Å². The van der Waals surface area contributed by atoms with E-state index < -0.39 is 35.7 Å². The van der Waals surface area contributed by atoms with Gasteiger partial charge in [0.05, 0.1) is 16.4 Å². The first-order valence-corrected chi connectivity index (χ1v) is 13.7. The topological polar surface area (TPSA) is 80.7 Å². The molecule has 7 heteroatoms. The summed E-state index contributed by atoms with van der Waals surface area (Å²) in [5.41, 5.74) is 0.0571. The summed E-state index contributed by atoms with van der Waals surface area (Å²) in [6.45, 7) is 10.3. The van der Waals surface area contributed by atoms with Crippen molar-refractivity contribution in [3.05, 3.63) is 29.8 Å². The fourth-order valence-corrected chi connectivity index (χ4v) is 5.61. The molecule has 5 nitrogen and oxygen atoms in total. The molecular weight excluding hydrogens is 356 g/mol. The Kier molecular flexibility index (Phi) is 5.52. The van der Waals surface area contributed by atoms with Crippen molar-refractivity contribution in [3.63, 3.8) is 0 Å². The van der Waals surface area contributed by atoms with E-state index in [0.29, 0.717) is 6.42 Å². The number of carbonyl (C=O) groups is 1. The number of benzene rings is 1. The van der Waals surface area contributed by atoms with Crippen LogP contribution in [0.3, 0.4) is 0 Å². The Morgan fingerprint density at radius 3 is 2.32 bits per heavy atom. The number of carboxylic acids is 1. The Bertz CT molecular complexity index is 736. The van der Waals surface area contributed by atoms with E-state index >= 15 is 0 Å². The van der Waals surface area contributed by atoms with Gasteiger partial charge < -0.3 is 5.11 Å². The minimum Gasteiger partial charge on any atom is -0.481 e. The zero-order valence-electron chi connectivity index (χ0n) is 15.6. The van der Waals surface area contributed by atoms with Crippen molar-refractivity contribution in [3.8, 4) is 0 Å². The molecule has 2 rings (SSSR count). The van der Waals surface area contributed by atoms with Crippen molar-refractivity contribution < 1.29 is 22.5 Å². The molecule has 1 aromatic carbocycles. The summed E-state index contributed by atoms with van der Waals surface area (Å²) >= 11 is 0. The SMILES string of the molecule is Cc1ccc(S(=O)(=O)OC2CC(C)(C(=O)O)C2CC[Si](C)(C)C)cc1. The normalized spacial score (nSPS) is 26.9. The van der Waals surface area contributed by atoms with Crippen molar-refractivity contribution >= 4 is 24.2 Å². The zero-order chi connectivity index (χ0) is 19.0. The molecule has 0 saturated heterocycles. The molecular formula is C18H28O5SSi. The predicted molar refractivity (Wildman–Crippen MR) is 99.9 cm³/mol. The summed E-state index contributed by atoms with van der Waals surface area (Å²) < 4.78 is 30.5. The lowest BCUT2D eigenvalue weighted by molar-refractivity contribution is -0.171. The van der Waals surface area contributed by atoms with E-state index in [1.807, 2.05) is 6.92 Å². The molecule has 0 spiro atoms. The monoisotopic (exact) mass is 384 g/mol. The molecule has 0 aliphatic heterocycles. The molecule has 25 heavy (non-hydrogen) atoms. The van der Waals surface area contributed by atoms with Gasteiger partial charge in [-0.15, -0.1) is 0 Å². The van der Waals surface area contributed by atoms with Gasteiger partial charge in [-0.05, 0) is 38.8 Å². The fourth-order valence-electron chi connectivity index (χ4n) is 3.32. The van der Waals surface area contributed by atoms with Crippen LogP contribution in [-0.2, 0) is 19.1 Å². The predicted octanol–water partition coefficient (Wildman–Crippen LogP) is 3.91. The van der Waals surface area contributed by atoms with Crippen molar-refractivity contribution in [1.82, 2.24) is 0 Å². The van der Waals surface area contributed by atoms with Gasteiger partial charge in [0.1, 0.15) is 0 Å². The lowest BCUT2D eigenvalue weighted by Gasteiger charge is -2.50. The standard InChI is InChI=1S/C18H28O5SSi/c1-13-6-8-14(9-7-13)24(21,22)23-16-12-18(2,17(19)20)15(16)10-11-25(3,4)5/h6-9,15-16H,10-12H2,1-5H3,(H,19,20). The van der Waals surface area contributed by atoms with Gasteiger partial charge >= 0.3 is 5.97 Å². The number of aryl methyl sites for hydroxylation is 1. The Hall–Kier alpha value is -1.18. The van der Waals surface area contributed by atoms with Crippen molar-refractivity contribution in [2.45, 2.75) is 63.4 Å². The van der Waals surface area contributed by atoms with E-state index in [1.165, 1.54) is 12.1 Å². The molecule has 0 amide bonds. The Labute approximate surface area is 151 Å². The third-order valence-electron chi connectivity index (χ3n) is 5.15. The van der Waals surface area contributed by atoms with Crippen LogP contribution in [0.4, 0.5) is 0 Å². The minimum atomic E-state index is -3.88. The molecule has 140 valence electrons. The molecule has 0 radical (unpaired) electrons. The smallest absolute Gasteiger partial charge is 0.309 e. The van der Waals surface area contributed by atoms with Gasteiger partial charge in [-0.25, -0.2) is 0 Å². The molecule has 1 aliphatic rings. The van der Waals surface area contributed by atoms with Crippen LogP contribution in [0.5, 0.6) is 0 Å². The number of hydrogen-bond donors (Lipinski definition) is 1. The molecule has 1 saturated carbocycles. The van der Waals surface area contributed by atoms with E-state index in [1.54, 1.807) is 19.1 Å². The van der Waals surface area contributed by atoms with Crippen molar-refractivity contribution in [2.75, 3.05) is 0 Å². The van der Waals surface area contributed by atoms with Crippen LogP contribution >= 0.6 is 0 Å². The third kappa shape index (κ3) is 4.51. The van der Waals surface area contributed by atoms with E-state index in [2.05, 4.69) is 19.6 Å². The van der Waals surface area contributed by atoms with Crippen LogP contribution in [-0.4, -0.2) is 33.7 Å². The first-order chi connectivity index (χ1) is 11.3. The molecule has 0 heterocycles. The number of hydrogen-bond acceptors (Lipinski definition) is 4. The maximum absolute atomic E-state index is 12.5. The quantitative estimate of drug-likeness (QED) is 0.569. The largest absolute Gasteiger partial charge is 0.481 e. The lowest BCUT2D eigenvalue weighted by atomic mass is 9.58. The first-order valence-electron chi connectivity index (χ1n) is 8.58. The maximum atomic E-state index is 12.5. The minimum absolute atomic E-state index is 0.117. The molecule has 0 aromatic heterocycles. The van der Waals surface area contributed by atoms with Crippen molar-refractivity contribution in [1.29, 1.82) is 0 Å². The van der Waals surface area contributed by atoms with E-state index in [-0.39, 0.29) is 17.2 Å². The van der Waals surface area contributed by atoms with Crippen LogP contribution in [0.25, 0.3) is 0 Å². The highest BCUT2D eigenvalue weighted by Crippen LogP contribution is 2.52. The summed E-state index contributed by atoms with van der Waals surface area (Å²) in [5, 5.41) is 9.56. The van der Waals surface area contributed by atoms with Crippen LogP contribution in [0.15, 0.2) is 29.2 Å². The summed E-state index contributed by atoms with van der Waals surface area (Å²) in [7, 11) is -5.24. The van der Waals surface area contributed by atoms with Gasteiger partial charge in [0.2, 0.25) is 0 Å². The number of carboxylic acid groups (broad SMARTS) is 1. The third-order valence-corrected chi connectivity index (χ3v) is 8.28. The number of rotatable bonds is 7. The Morgan fingerprint density at radius 2 is 1.84 bits per heavy atom. The molecule has 0 bridgehead atoms. The lowest BCUT2D eigenvalue weighted by Crippen LogP contribution is -2.56. The van der Waals surface area contributed by atoms with Gasteiger partial charge in [-0.3, -0.25) is 8.98 Å². The summed E-state index contributed by atoms with van der Waals surface area (Å²) in [4.78, 5) is 11.8. The van der Waals surface area contributed by atoms with Gasteiger partial charge in [-0.1, -0.05) is 43.4 Å². The van der Waals surface area contributed by atoms with Gasteiger partial charge in [0.15, 0.2) is 0 Å². The summed E-state index contributed by atoms with van der Waals surface area (Å²) in [5.74, 6) is -1.15. The zero-order valence-corrected chi connectivity index (χ0v) is 17.4. The van der Waals surface area contributed by atoms with Crippen LogP contribution in [0.1, 0.15) is 25.3 Å². The summed E-state index contributed by atoms with van der Waals surface area (Å²) in [6.07, 6.45) is 0.347.